The van der Waals surface area contributed by atoms with Crippen LogP contribution < -0.4 is 9.47 Å². The molecule has 0 aliphatic heterocycles. The first-order valence-corrected chi connectivity index (χ1v) is 11.2. The molecule has 3 rings (SSSR count). The molecule has 0 fully saturated rings. The minimum absolute atomic E-state index is 0.00809. The van der Waals surface area contributed by atoms with Gasteiger partial charge >= 0.3 is 6.18 Å². The molecule has 0 N–H and O–H groups in total. The fourth-order valence-electron chi connectivity index (χ4n) is 3.00. The average Bonchev–Trinajstić information content (AvgIpc) is 2.77. The molecule has 4 nitrogen and oxygen atoms in total. The van der Waals surface area contributed by atoms with Gasteiger partial charge in [-0.1, -0.05) is 51.3 Å². The maximum atomic E-state index is 12.9. The number of ether oxygens (including phenoxy) is 2. The van der Waals surface area contributed by atoms with Crippen LogP contribution in [0.15, 0.2) is 65.1 Å². The van der Waals surface area contributed by atoms with Crippen molar-refractivity contribution in [2.75, 3.05) is 0 Å². The topological polar surface area (TPSA) is 59.3 Å². The number of rotatable bonds is 7. The molecule has 0 aromatic heterocycles. The van der Waals surface area contributed by atoms with E-state index < -0.39 is 29.5 Å². The predicted molar refractivity (Wildman–Crippen MR) is 126 cm³/mol. The molecule has 0 saturated carbocycles. The highest BCUT2D eigenvalue weighted by Crippen LogP contribution is 2.38. The summed E-state index contributed by atoms with van der Waals surface area (Å²) in [6.45, 7) is 1.49. The molecule has 2 atom stereocenters. The van der Waals surface area contributed by atoms with Crippen molar-refractivity contribution in [3.8, 4) is 23.3 Å². The number of ketones is 1. The van der Waals surface area contributed by atoms with E-state index in [1.165, 1.54) is 25.1 Å². The lowest BCUT2D eigenvalue weighted by molar-refractivity contribution is -0.137. The van der Waals surface area contributed by atoms with E-state index in [1.807, 2.05) is 6.07 Å². The normalized spacial score (nSPS) is 13.0. The number of alkyl halides is 3. The first kappa shape index (κ1) is 25.9. The zero-order chi connectivity index (χ0) is 25.0. The molecule has 3 aromatic carbocycles. The number of hydrogen-bond donors (Lipinski definition) is 0. The summed E-state index contributed by atoms with van der Waals surface area (Å²) in [6, 6.07) is 15.8. The van der Waals surface area contributed by atoms with E-state index >= 15 is 0 Å². The van der Waals surface area contributed by atoms with Gasteiger partial charge in [0.15, 0.2) is 11.9 Å². The van der Waals surface area contributed by atoms with E-state index in [9.17, 15) is 23.2 Å². The molecule has 2 unspecified atom stereocenters. The van der Waals surface area contributed by atoms with E-state index in [4.69, 9.17) is 32.7 Å². The van der Waals surface area contributed by atoms with E-state index in [-0.39, 0.29) is 27.3 Å². The van der Waals surface area contributed by atoms with Gasteiger partial charge in [-0.05, 0) is 55.0 Å². The first-order valence-electron chi connectivity index (χ1n) is 9.69. The number of nitrogens with zero attached hydrogens (tertiary/aromatic N) is 1. The summed E-state index contributed by atoms with van der Waals surface area (Å²) in [5, 5.41) is 9.48. The quantitative estimate of drug-likeness (QED) is 0.286. The van der Waals surface area contributed by atoms with E-state index in [0.29, 0.717) is 5.56 Å². The summed E-state index contributed by atoms with van der Waals surface area (Å²) in [5.74, 6) is -1.28. The fourth-order valence-corrected chi connectivity index (χ4v) is 3.79. The van der Waals surface area contributed by atoms with Gasteiger partial charge in [0.25, 0.3) is 0 Å². The van der Waals surface area contributed by atoms with Crippen molar-refractivity contribution in [2.45, 2.75) is 25.1 Å². The summed E-state index contributed by atoms with van der Waals surface area (Å²) in [7, 11) is 0. The van der Waals surface area contributed by atoms with Gasteiger partial charge in [-0.3, -0.25) is 4.79 Å². The maximum absolute atomic E-state index is 12.9. The molecule has 10 heteroatoms. The summed E-state index contributed by atoms with van der Waals surface area (Å²) in [6.07, 6.45) is -5.57. The lowest BCUT2D eigenvalue weighted by atomic mass is 9.93. The lowest BCUT2D eigenvalue weighted by Crippen LogP contribution is -2.29. The number of hydrogen-bond acceptors (Lipinski definition) is 4. The largest absolute Gasteiger partial charge is 0.481 e. The van der Waals surface area contributed by atoms with Crippen LogP contribution >= 0.6 is 39.1 Å². The van der Waals surface area contributed by atoms with Crippen LogP contribution in [0.1, 0.15) is 24.0 Å². The molecular formula is C24H15BrCl2F3NO3. The van der Waals surface area contributed by atoms with Crippen molar-refractivity contribution >= 4 is 44.9 Å². The Morgan fingerprint density at radius 2 is 1.76 bits per heavy atom. The fraction of sp³-hybridized carbons (Fsp3) is 0.167. The molecule has 0 aliphatic carbocycles. The Balaban J connectivity index is 1.79. The minimum atomic E-state index is -4.54. The van der Waals surface area contributed by atoms with Gasteiger partial charge in [-0.15, -0.1) is 0 Å². The van der Waals surface area contributed by atoms with Crippen LogP contribution in [0.3, 0.4) is 0 Å². The Bertz CT molecular complexity index is 1260. The molecule has 0 radical (unpaired) electrons. The Hall–Kier alpha value is -2.73. The predicted octanol–water partition coefficient (Wildman–Crippen LogP) is 8.21. The number of benzene rings is 3. The van der Waals surface area contributed by atoms with Crippen molar-refractivity contribution in [3.05, 3.63) is 86.3 Å². The summed E-state index contributed by atoms with van der Waals surface area (Å²) in [5.41, 5.74) is -0.396. The molecule has 176 valence electrons. The Labute approximate surface area is 211 Å². The van der Waals surface area contributed by atoms with Crippen LogP contribution in [0.5, 0.6) is 17.2 Å². The van der Waals surface area contributed by atoms with Crippen molar-refractivity contribution < 1.29 is 27.4 Å². The van der Waals surface area contributed by atoms with Gasteiger partial charge in [0.2, 0.25) is 0 Å². The van der Waals surface area contributed by atoms with Gasteiger partial charge in [0.05, 0.1) is 21.7 Å². The van der Waals surface area contributed by atoms with E-state index in [2.05, 4.69) is 15.9 Å². The Kier molecular flexibility index (Phi) is 8.13. The average molecular weight is 573 g/mol. The second-order valence-electron chi connectivity index (χ2n) is 7.12. The third kappa shape index (κ3) is 6.23. The highest BCUT2D eigenvalue weighted by molar-refractivity contribution is 9.10. The molecule has 0 saturated heterocycles. The van der Waals surface area contributed by atoms with Crippen LogP contribution in [0.4, 0.5) is 13.2 Å². The van der Waals surface area contributed by atoms with Crippen LogP contribution in [0.2, 0.25) is 10.0 Å². The third-order valence-corrected chi connectivity index (χ3v) is 5.79. The molecule has 3 aromatic rings. The molecule has 0 aliphatic rings. The monoisotopic (exact) mass is 571 g/mol. The number of nitriles is 1. The minimum Gasteiger partial charge on any atom is -0.481 e. The van der Waals surface area contributed by atoms with Gasteiger partial charge in [0.1, 0.15) is 23.2 Å². The zero-order valence-electron chi connectivity index (χ0n) is 17.4. The van der Waals surface area contributed by atoms with Crippen molar-refractivity contribution in [1.82, 2.24) is 0 Å². The molecule has 0 amide bonds. The smallest absolute Gasteiger partial charge is 0.416 e. The standard InChI is InChI=1S/C24H15BrCl2F3NO3/c1-13(23(32)18(12-31)14-3-2-4-16(25)9-14)33-22-11-17(6-7-19(22)26)34-21-8-5-15(10-20(21)27)24(28,29)30/h2-11,13,18H,1H3. The van der Waals surface area contributed by atoms with Crippen LogP contribution in [-0.2, 0) is 11.0 Å². The molecule has 0 spiro atoms. The molecule has 0 bridgehead atoms. The maximum Gasteiger partial charge on any atom is 0.416 e. The lowest BCUT2D eigenvalue weighted by Gasteiger charge is -2.18. The van der Waals surface area contributed by atoms with Gasteiger partial charge in [-0.2, -0.15) is 18.4 Å². The molecular weight excluding hydrogens is 558 g/mol. The Morgan fingerprint density at radius 3 is 2.38 bits per heavy atom. The van der Waals surface area contributed by atoms with Gasteiger partial charge in [0, 0.05) is 10.5 Å². The van der Waals surface area contributed by atoms with Crippen LogP contribution in [-0.4, -0.2) is 11.9 Å². The summed E-state index contributed by atoms with van der Waals surface area (Å²) in [4.78, 5) is 12.9. The second-order valence-corrected chi connectivity index (χ2v) is 8.85. The highest BCUT2D eigenvalue weighted by Gasteiger charge is 2.31. The number of Topliss-reactive ketones (excluding diaryl/α,β-unsaturated/α-hetero) is 1. The Morgan fingerprint density at radius 1 is 1.03 bits per heavy atom. The summed E-state index contributed by atoms with van der Waals surface area (Å²) < 4.78 is 50.5. The molecule has 0 heterocycles. The van der Waals surface area contributed by atoms with Gasteiger partial charge < -0.3 is 9.47 Å². The number of carbonyl (C=O) groups is 1. The second kappa shape index (κ2) is 10.7. The van der Waals surface area contributed by atoms with Crippen LogP contribution in [0.25, 0.3) is 0 Å². The zero-order valence-corrected chi connectivity index (χ0v) is 20.5. The van der Waals surface area contributed by atoms with Crippen molar-refractivity contribution in [1.29, 1.82) is 5.26 Å². The van der Waals surface area contributed by atoms with Crippen molar-refractivity contribution in [3.63, 3.8) is 0 Å². The number of halogens is 6. The first-order chi connectivity index (χ1) is 16.0. The van der Waals surface area contributed by atoms with Crippen molar-refractivity contribution in [2.24, 2.45) is 0 Å². The third-order valence-electron chi connectivity index (χ3n) is 4.69. The van der Waals surface area contributed by atoms with Gasteiger partial charge in [-0.25, -0.2) is 0 Å². The highest BCUT2D eigenvalue weighted by atomic mass is 79.9. The van der Waals surface area contributed by atoms with E-state index in [1.54, 1.807) is 24.3 Å². The molecule has 34 heavy (non-hydrogen) atoms. The van der Waals surface area contributed by atoms with E-state index in [0.717, 1.165) is 22.7 Å². The van der Waals surface area contributed by atoms with Crippen LogP contribution in [0, 0.1) is 11.3 Å². The summed E-state index contributed by atoms with van der Waals surface area (Å²) >= 11 is 15.4. The number of carbonyl (C=O) groups excluding carboxylic acids is 1. The SMILES string of the molecule is CC(Oc1cc(Oc2ccc(C(F)(F)F)cc2Cl)ccc1Cl)C(=O)C(C#N)c1cccc(Br)c1.